The molecule has 5 nitrogen and oxygen atoms in total. The molecule has 28 heavy (non-hydrogen) atoms. The van der Waals surface area contributed by atoms with Crippen molar-refractivity contribution < 1.29 is 4.79 Å². The number of carbonyl (C=O) groups is 1. The van der Waals surface area contributed by atoms with Crippen LogP contribution >= 0.6 is 39.0 Å². The van der Waals surface area contributed by atoms with E-state index in [1.54, 1.807) is 6.20 Å². The molecule has 1 saturated carbocycles. The summed E-state index contributed by atoms with van der Waals surface area (Å²) in [6, 6.07) is 8.07. The fraction of sp³-hybridized carbons (Fsp3) is 0.400. The summed E-state index contributed by atoms with van der Waals surface area (Å²) in [6.45, 7) is 2.31. The number of ketones is 1. The van der Waals surface area contributed by atoms with Gasteiger partial charge in [0, 0.05) is 24.0 Å². The zero-order valence-corrected chi connectivity index (χ0v) is 18.8. The third-order valence-electron chi connectivity index (χ3n) is 5.16. The molecule has 1 aliphatic rings. The molecule has 0 unspecified atom stereocenters. The van der Waals surface area contributed by atoms with Crippen molar-refractivity contribution in [3.8, 4) is 11.4 Å². The predicted molar refractivity (Wildman–Crippen MR) is 117 cm³/mol. The molecule has 0 aromatic carbocycles. The number of nitrogens with zero attached hydrogens (tertiary/aromatic N) is 4. The van der Waals surface area contributed by atoms with E-state index >= 15 is 0 Å². The summed E-state index contributed by atoms with van der Waals surface area (Å²) in [5.74, 6) is 1.89. The van der Waals surface area contributed by atoms with Gasteiger partial charge in [0.2, 0.25) is 0 Å². The number of hydrogen-bond acceptors (Lipinski definition) is 6. The number of Topliss-reactive ketones (excluding diaryl/α,β-unsaturated/α-hetero) is 1. The molecule has 3 heterocycles. The first-order valence-electron chi connectivity index (χ1n) is 9.40. The summed E-state index contributed by atoms with van der Waals surface area (Å²) in [5, 5.41) is 9.77. The molecule has 0 spiro atoms. The summed E-state index contributed by atoms with van der Waals surface area (Å²) in [7, 11) is 0. The maximum Gasteiger partial charge on any atom is 0.192 e. The van der Waals surface area contributed by atoms with E-state index in [1.165, 1.54) is 42.4 Å². The fourth-order valence-electron chi connectivity index (χ4n) is 3.71. The molecule has 0 bridgehead atoms. The first-order valence-corrected chi connectivity index (χ1v) is 12.0. The van der Waals surface area contributed by atoms with Gasteiger partial charge in [0.05, 0.1) is 14.4 Å². The highest BCUT2D eigenvalue weighted by molar-refractivity contribution is 9.11. The van der Waals surface area contributed by atoms with Crippen LogP contribution in [0.4, 0.5) is 0 Å². The molecule has 0 radical (unpaired) electrons. The van der Waals surface area contributed by atoms with Crippen molar-refractivity contribution in [1.29, 1.82) is 0 Å². The van der Waals surface area contributed by atoms with Gasteiger partial charge in [0.25, 0.3) is 0 Å². The molecule has 8 heteroatoms. The number of thiophene rings is 1. The number of hydrogen-bond donors (Lipinski definition) is 0. The molecule has 0 saturated heterocycles. The minimum Gasteiger partial charge on any atom is -0.299 e. The predicted octanol–water partition coefficient (Wildman–Crippen LogP) is 5.89. The lowest BCUT2D eigenvalue weighted by atomic mass is 9.85. The van der Waals surface area contributed by atoms with Crippen molar-refractivity contribution in [3.63, 3.8) is 0 Å². The van der Waals surface area contributed by atoms with Crippen molar-refractivity contribution >= 4 is 44.8 Å². The minimum absolute atomic E-state index is 0.120. The largest absolute Gasteiger partial charge is 0.299 e. The fourth-order valence-corrected chi connectivity index (χ4v) is 6.00. The highest BCUT2D eigenvalue weighted by Gasteiger charge is 2.29. The minimum atomic E-state index is 0.120. The monoisotopic (exact) mass is 476 g/mol. The van der Waals surface area contributed by atoms with E-state index in [4.69, 9.17) is 0 Å². The molecule has 0 N–H and O–H groups in total. The molecule has 0 aliphatic heterocycles. The average Bonchev–Trinajstić information content (AvgIpc) is 3.33. The van der Waals surface area contributed by atoms with Crippen LogP contribution in [0, 0.1) is 5.92 Å². The average molecular weight is 477 g/mol. The molecular formula is C20H21BrN4OS2. The topological polar surface area (TPSA) is 60.7 Å². The third kappa shape index (κ3) is 4.23. The van der Waals surface area contributed by atoms with Crippen LogP contribution in [0.1, 0.15) is 48.3 Å². The second-order valence-corrected chi connectivity index (χ2v) is 10.5. The Morgan fingerprint density at radius 2 is 2.14 bits per heavy atom. The van der Waals surface area contributed by atoms with Gasteiger partial charge in [-0.2, -0.15) is 0 Å². The van der Waals surface area contributed by atoms with E-state index in [-0.39, 0.29) is 5.78 Å². The number of thioether (sulfide) groups is 1. The van der Waals surface area contributed by atoms with Crippen molar-refractivity contribution in [1.82, 2.24) is 19.7 Å². The molecule has 146 valence electrons. The Morgan fingerprint density at radius 1 is 1.29 bits per heavy atom. The van der Waals surface area contributed by atoms with Gasteiger partial charge in [-0.05, 0) is 59.0 Å². The number of halogens is 1. The van der Waals surface area contributed by atoms with Crippen LogP contribution in [-0.2, 0) is 0 Å². The quantitative estimate of drug-likeness (QED) is 0.327. The summed E-state index contributed by atoms with van der Waals surface area (Å²) in [6.07, 6.45) is 8.41. The molecule has 3 aromatic heterocycles. The Bertz CT molecular complexity index is 956. The smallest absolute Gasteiger partial charge is 0.192 e. The van der Waals surface area contributed by atoms with Crippen LogP contribution in [-0.4, -0.2) is 31.3 Å². The van der Waals surface area contributed by atoms with Crippen LogP contribution in [0.3, 0.4) is 0 Å². The Labute approximate surface area is 181 Å². The lowest BCUT2D eigenvalue weighted by Gasteiger charge is -2.31. The van der Waals surface area contributed by atoms with Gasteiger partial charge in [-0.15, -0.1) is 21.5 Å². The maximum absolute atomic E-state index is 12.6. The van der Waals surface area contributed by atoms with E-state index < -0.39 is 0 Å². The number of pyridine rings is 1. The number of aromatic nitrogens is 4. The summed E-state index contributed by atoms with van der Waals surface area (Å²) in [4.78, 5) is 17.6. The van der Waals surface area contributed by atoms with Crippen molar-refractivity contribution in [2.45, 2.75) is 43.8 Å². The van der Waals surface area contributed by atoms with Crippen LogP contribution in [0.5, 0.6) is 0 Å². The molecule has 0 amide bonds. The molecule has 2 atom stereocenters. The highest BCUT2D eigenvalue weighted by Crippen LogP contribution is 2.39. The van der Waals surface area contributed by atoms with Gasteiger partial charge in [-0.3, -0.25) is 14.3 Å². The van der Waals surface area contributed by atoms with Gasteiger partial charge in [0.1, 0.15) is 0 Å². The van der Waals surface area contributed by atoms with Gasteiger partial charge < -0.3 is 0 Å². The summed E-state index contributed by atoms with van der Waals surface area (Å²) < 4.78 is 3.22. The molecule has 1 aliphatic carbocycles. The molecule has 1 fully saturated rings. The second-order valence-electron chi connectivity index (χ2n) is 7.06. The summed E-state index contributed by atoms with van der Waals surface area (Å²) >= 11 is 6.37. The zero-order chi connectivity index (χ0) is 19.5. The number of rotatable bonds is 6. The Hall–Kier alpha value is -1.51. The molecular weight excluding hydrogens is 456 g/mol. The Balaban J connectivity index is 1.63. The lowest BCUT2D eigenvalue weighted by Crippen LogP contribution is -2.22. The Kier molecular flexibility index (Phi) is 6.28. The van der Waals surface area contributed by atoms with Crippen molar-refractivity contribution in [2.24, 2.45) is 5.92 Å². The van der Waals surface area contributed by atoms with E-state index in [0.717, 1.165) is 31.6 Å². The van der Waals surface area contributed by atoms with Gasteiger partial charge in [-0.25, -0.2) is 0 Å². The number of carbonyl (C=O) groups excluding carboxylic acids is 1. The molecule has 3 aromatic rings. The van der Waals surface area contributed by atoms with E-state index in [2.05, 4.69) is 42.6 Å². The van der Waals surface area contributed by atoms with Crippen LogP contribution in [0.25, 0.3) is 11.4 Å². The van der Waals surface area contributed by atoms with E-state index in [1.807, 2.05) is 30.5 Å². The zero-order valence-electron chi connectivity index (χ0n) is 15.5. The van der Waals surface area contributed by atoms with Gasteiger partial charge >= 0.3 is 0 Å². The highest BCUT2D eigenvalue weighted by atomic mass is 79.9. The van der Waals surface area contributed by atoms with Gasteiger partial charge in [0.15, 0.2) is 16.8 Å². The molecule has 4 rings (SSSR count). The van der Waals surface area contributed by atoms with E-state index in [0.29, 0.717) is 17.7 Å². The van der Waals surface area contributed by atoms with Crippen LogP contribution in [0.2, 0.25) is 0 Å². The van der Waals surface area contributed by atoms with Crippen molar-refractivity contribution in [2.75, 3.05) is 5.75 Å². The van der Waals surface area contributed by atoms with Crippen LogP contribution < -0.4 is 0 Å². The van der Waals surface area contributed by atoms with Crippen LogP contribution in [0.15, 0.2) is 45.6 Å². The summed E-state index contributed by atoms with van der Waals surface area (Å²) in [5.41, 5.74) is 0.966. The first kappa shape index (κ1) is 19.8. The third-order valence-corrected chi connectivity index (χ3v) is 7.77. The van der Waals surface area contributed by atoms with E-state index in [9.17, 15) is 4.79 Å². The first-order chi connectivity index (χ1) is 13.6. The second kappa shape index (κ2) is 8.88. The Morgan fingerprint density at radius 3 is 2.86 bits per heavy atom. The lowest BCUT2D eigenvalue weighted by molar-refractivity contribution is 0.102. The maximum atomic E-state index is 12.6. The van der Waals surface area contributed by atoms with Crippen molar-refractivity contribution in [3.05, 3.63) is 45.3 Å². The van der Waals surface area contributed by atoms with Gasteiger partial charge in [-0.1, -0.05) is 31.5 Å². The SMILES string of the molecule is C[C@@H]1CCCC[C@H]1n1c(SCC(=O)c2ccc(Br)s2)nnc1-c1cccnc1. The normalized spacial score (nSPS) is 19.6. The standard InChI is InChI=1S/C20H21BrN4OS2/c1-13-5-2-3-7-15(13)25-19(14-6-4-10-22-11-14)23-24-20(25)27-12-16(26)17-8-9-18(21)28-17/h4,6,8-11,13,15H,2-3,5,7,12H2,1H3/t13-,15-/m1/s1.